The van der Waals surface area contributed by atoms with E-state index in [0.29, 0.717) is 5.70 Å². The second kappa shape index (κ2) is 7.09. The van der Waals surface area contributed by atoms with Crippen molar-refractivity contribution >= 4 is 29.5 Å². The lowest BCUT2D eigenvalue weighted by Crippen LogP contribution is -2.33. The number of carbonyl (C=O) groups is 2. The lowest BCUT2D eigenvalue weighted by Gasteiger charge is -2.20. The number of ether oxygens (including phenoxy) is 2. The van der Waals surface area contributed by atoms with Crippen LogP contribution in [0.1, 0.15) is 32.6 Å². The third-order valence-electron chi connectivity index (χ3n) is 1.95. The van der Waals surface area contributed by atoms with Gasteiger partial charge in [0.2, 0.25) is 0 Å². The number of hydrogen-bond donors (Lipinski definition) is 1. The van der Waals surface area contributed by atoms with Gasteiger partial charge in [-0.2, -0.15) is 0 Å². The molecule has 0 fully saturated rings. The Balaban J connectivity index is 2.72. The number of esters is 1. The van der Waals surface area contributed by atoms with Gasteiger partial charge < -0.3 is 9.47 Å². The van der Waals surface area contributed by atoms with Crippen LogP contribution in [0.4, 0.5) is 4.79 Å². The molecule has 6 heteroatoms. The highest BCUT2D eigenvalue weighted by atomic mass is 32.1. The van der Waals surface area contributed by atoms with Crippen molar-refractivity contribution in [2.75, 3.05) is 6.61 Å². The van der Waals surface area contributed by atoms with Crippen LogP contribution >= 0.6 is 11.3 Å². The van der Waals surface area contributed by atoms with Crippen LogP contribution in [0.25, 0.3) is 6.08 Å². The molecule has 1 heterocycles. The first kappa shape index (κ1) is 16.2. The molecule has 0 unspecified atom stereocenters. The summed E-state index contributed by atoms with van der Waals surface area (Å²) >= 11 is 1.52. The largest absolute Gasteiger partial charge is 0.459 e. The maximum Gasteiger partial charge on any atom is 0.412 e. The van der Waals surface area contributed by atoms with Crippen LogP contribution in [0.15, 0.2) is 23.2 Å². The average molecular weight is 297 g/mol. The molecule has 0 bridgehead atoms. The van der Waals surface area contributed by atoms with Crippen molar-refractivity contribution in [2.45, 2.75) is 33.3 Å². The highest BCUT2D eigenvalue weighted by Crippen LogP contribution is 2.13. The minimum absolute atomic E-state index is 0.00746. The molecule has 0 aliphatic rings. The molecule has 1 rings (SSSR count). The number of carbonyl (C=O) groups excluding carboxylic acids is 2. The molecule has 0 saturated heterocycles. The van der Waals surface area contributed by atoms with Gasteiger partial charge in [0.1, 0.15) is 12.2 Å². The number of rotatable bonds is 4. The normalized spacial score (nSPS) is 11.9. The third kappa shape index (κ3) is 6.94. The zero-order chi connectivity index (χ0) is 15.2. The van der Waals surface area contributed by atoms with Gasteiger partial charge in [0.05, 0.1) is 5.70 Å². The molecule has 0 aliphatic carbocycles. The predicted octanol–water partition coefficient (Wildman–Crippen LogP) is 3.18. The molecule has 0 radical (unpaired) electrons. The Morgan fingerprint density at radius 3 is 2.60 bits per heavy atom. The zero-order valence-corrected chi connectivity index (χ0v) is 12.9. The van der Waals surface area contributed by atoms with Crippen LogP contribution in [0.3, 0.4) is 0 Å². The fourth-order valence-corrected chi connectivity index (χ4v) is 1.95. The minimum Gasteiger partial charge on any atom is -0.459 e. The van der Waals surface area contributed by atoms with Gasteiger partial charge in [-0.1, -0.05) is 6.07 Å². The van der Waals surface area contributed by atoms with E-state index in [1.54, 1.807) is 26.8 Å². The molecule has 0 spiro atoms. The molecule has 5 nitrogen and oxygen atoms in total. The van der Waals surface area contributed by atoms with Crippen LogP contribution in [-0.4, -0.2) is 24.3 Å². The smallest absolute Gasteiger partial charge is 0.412 e. The van der Waals surface area contributed by atoms with Crippen molar-refractivity contribution in [3.63, 3.8) is 0 Å². The van der Waals surface area contributed by atoms with Gasteiger partial charge in [-0.05, 0) is 38.3 Å². The Morgan fingerprint density at radius 2 is 2.10 bits per heavy atom. The number of amides is 1. The van der Waals surface area contributed by atoms with E-state index in [0.717, 1.165) is 4.88 Å². The summed E-state index contributed by atoms with van der Waals surface area (Å²) in [7, 11) is 0. The van der Waals surface area contributed by atoms with E-state index in [1.165, 1.54) is 18.3 Å². The molecule has 0 aliphatic heterocycles. The first-order valence-corrected chi connectivity index (χ1v) is 7.02. The number of thiophene rings is 1. The number of nitrogens with one attached hydrogen (secondary N) is 1. The standard InChI is InChI=1S/C14H19NO4S/c1-10(16)18-9-11(8-12-6-5-7-20-12)15-13(17)19-14(2,3)4/h5-8H,9H2,1-4H3,(H,15,17)/b11-8+. The van der Waals surface area contributed by atoms with E-state index in [4.69, 9.17) is 9.47 Å². The van der Waals surface area contributed by atoms with Crippen LogP contribution in [0.2, 0.25) is 0 Å². The molecular formula is C14H19NO4S. The monoisotopic (exact) mass is 297 g/mol. The lowest BCUT2D eigenvalue weighted by molar-refractivity contribution is -0.140. The van der Waals surface area contributed by atoms with E-state index in [2.05, 4.69) is 5.32 Å². The van der Waals surface area contributed by atoms with Crippen molar-refractivity contribution in [2.24, 2.45) is 0 Å². The van der Waals surface area contributed by atoms with Crippen molar-refractivity contribution < 1.29 is 19.1 Å². The van der Waals surface area contributed by atoms with Crippen LogP contribution in [0, 0.1) is 0 Å². The van der Waals surface area contributed by atoms with Gasteiger partial charge >= 0.3 is 12.1 Å². The first-order valence-electron chi connectivity index (χ1n) is 6.14. The predicted molar refractivity (Wildman–Crippen MR) is 78.3 cm³/mol. The topological polar surface area (TPSA) is 64.6 Å². The maximum absolute atomic E-state index is 11.7. The highest BCUT2D eigenvalue weighted by Gasteiger charge is 2.17. The van der Waals surface area contributed by atoms with Gasteiger partial charge in [-0.3, -0.25) is 10.1 Å². The maximum atomic E-state index is 11.7. The van der Waals surface area contributed by atoms with Crippen molar-refractivity contribution in [1.82, 2.24) is 5.32 Å². The molecule has 0 aromatic carbocycles. The molecule has 1 aromatic rings. The molecule has 1 aromatic heterocycles. The van der Waals surface area contributed by atoms with E-state index < -0.39 is 17.7 Å². The second-order valence-electron chi connectivity index (χ2n) is 5.09. The van der Waals surface area contributed by atoms with Crippen LogP contribution in [0.5, 0.6) is 0 Å². The van der Waals surface area contributed by atoms with E-state index in [-0.39, 0.29) is 6.61 Å². The number of hydrogen-bond acceptors (Lipinski definition) is 5. The Morgan fingerprint density at radius 1 is 1.40 bits per heavy atom. The van der Waals surface area contributed by atoms with Gasteiger partial charge in [-0.15, -0.1) is 11.3 Å². The zero-order valence-electron chi connectivity index (χ0n) is 12.1. The molecule has 0 atom stereocenters. The van der Waals surface area contributed by atoms with Gasteiger partial charge in [0.25, 0.3) is 0 Å². The van der Waals surface area contributed by atoms with Gasteiger partial charge in [0, 0.05) is 11.8 Å². The van der Waals surface area contributed by atoms with Crippen molar-refractivity contribution in [3.05, 3.63) is 28.1 Å². The summed E-state index contributed by atoms with van der Waals surface area (Å²) in [6.07, 6.45) is 1.17. The minimum atomic E-state index is -0.584. The van der Waals surface area contributed by atoms with Crippen LogP contribution in [-0.2, 0) is 14.3 Å². The van der Waals surface area contributed by atoms with Crippen molar-refractivity contribution in [1.29, 1.82) is 0 Å². The number of alkyl carbamates (subject to hydrolysis) is 1. The third-order valence-corrected chi connectivity index (χ3v) is 2.77. The summed E-state index contributed by atoms with van der Waals surface area (Å²) in [5, 5.41) is 4.52. The van der Waals surface area contributed by atoms with Crippen molar-refractivity contribution in [3.8, 4) is 0 Å². The SMILES string of the molecule is CC(=O)OC/C(=C\c1cccs1)NC(=O)OC(C)(C)C. The first-order chi connectivity index (χ1) is 9.26. The van der Waals surface area contributed by atoms with Gasteiger partial charge in [0.15, 0.2) is 0 Å². The summed E-state index contributed by atoms with van der Waals surface area (Å²) in [5.41, 5.74) is -0.114. The van der Waals surface area contributed by atoms with Gasteiger partial charge in [-0.25, -0.2) is 4.79 Å². The molecule has 20 heavy (non-hydrogen) atoms. The molecule has 0 saturated carbocycles. The summed E-state index contributed by atoms with van der Waals surface area (Å²) < 4.78 is 10.1. The molecular weight excluding hydrogens is 278 g/mol. The van der Waals surface area contributed by atoms with E-state index in [1.807, 2.05) is 17.5 Å². The fraction of sp³-hybridized carbons (Fsp3) is 0.429. The Hall–Kier alpha value is -1.82. The summed E-state index contributed by atoms with van der Waals surface area (Å²) in [6, 6.07) is 3.79. The lowest BCUT2D eigenvalue weighted by atomic mass is 10.2. The Kier molecular flexibility index (Phi) is 5.76. The van der Waals surface area contributed by atoms with Crippen LogP contribution < -0.4 is 5.32 Å². The second-order valence-corrected chi connectivity index (χ2v) is 6.07. The summed E-state index contributed by atoms with van der Waals surface area (Å²) in [4.78, 5) is 23.6. The molecule has 1 amide bonds. The average Bonchev–Trinajstić information content (AvgIpc) is 2.75. The molecule has 110 valence electrons. The summed E-state index contributed by atoms with van der Waals surface area (Å²) in [6.45, 7) is 6.65. The highest BCUT2D eigenvalue weighted by molar-refractivity contribution is 7.10. The Labute approximate surface area is 122 Å². The van der Waals surface area contributed by atoms with E-state index in [9.17, 15) is 9.59 Å². The fourth-order valence-electron chi connectivity index (χ4n) is 1.27. The van der Waals surface area contributed by atoms with E-state index >= 15 is 0 Å². The Bertz CT molecular complexity index is 486. The summed E-state index contributed by atoms with van der Waals surface area (Å²) in [5.74, 6) is -0.409. The quantitative estimate of drug-likeness (QED) is 0.867. The molecule has 1 N–H and O–H groups in total.